The normalized spacial score (nSPS) is 15.7. The number of hydrogen-bond donors (Lipinski definition) is 1. The Kier molecular flexibility index (Phi) is 6.44. The van der Waals surface area contributed by atoms with Crippen LogP contribution in [0.4, 0.5) is 0 Å². The standard InChI is InChI=1S/C20H28N4O2S/c1-14-8-10-24(11-9-14)27-18-12-17(23(3)15(18)2)20(25)21-13-16-6-5-7-19(22-16)26-4/h5-7,12,14H,8-11,13H2,1-4H3,(H,21,25). The lowest BCUT2D eigenvalue weighted by Crippen LogP contribution is -2.27. The van der Waals surface area contributed by atoms with Gasteiger partial charge in [-0.1, -0.05) is 13.0 Å². The van der Waals surface area contributed by atoms with E-state index in [0.29, 0.717) is 18.1 Å². The van der Waals surface area contributed by atoms with Crippen molar-refractivity contribution in [2.45, 2.75) is 38.1 Å². The summed E-state index contributed by atoms with van der Waals surface area (Å²) < 4.78 is 9.50. The number of aromatic nitrogens is 2. The molecule has 1 amide bonds. The number of methoxy groups -OCH3 is 1. The predicted octanol–water partition coefficient (Wildman–Crippen LogP) is 3.41. The average molecular weight is 389 g/mol. The lowest BCUT2D eigenvalue weighted by Gasteiger charge is -2.28. The summed E-state index contributed by atoms with van der Waals surface area (Å²) in [5.41, 5.74) is 2.55. The smallest absolute Gasteiger partial charge is 0.268 e. The molecular formula is C20H28N4O2S. The minimum absolute atomic E-state index is 0.0932. The molecule has 6 nitrogen and oxygen atoms in total. The number of carbonyl (C=O) groups is 1. The molecule has 1 aliphatic rings. The van der Waals surface area contributed by atoms with Crippen LogP contribution >= 0.6 is 11.9 Å². The number of nitrogens with one attached hydrogen (secondary N) is 1. The number of piperidine rings is 1. The lowest BCUT2D eigenvalue weighted by atomic mass is 10.0. The molecule has 1 saturated heterocycles. The van der Waals surface area contributed by atoms with E-state index in [0.717, 1.165) is 35.3 Å². The summed E-state index contributed by atoms with van der Waals surface area (Å²) in [6.45, 7) is 6.95. The summed E-state index contributed by atoms with van der Waals surface area (Å²) in [4.78, 5) is 18.2. The van der Waals surface area contributed by atoms with Gasteiger partial charge in [0.15, 0.2) is 0 Å². The van der Waals surface area contributed by atoms with Crippen molar-refractivity contribution in [3.05, 3.63) is 41.3 Å². The van der Waals surface area contributed by atoms with Gasteiger partial charge in [0.05, 0.1) is 19.3 Å². The van der Waals surface area contributed by atoms with Crippen LogP contribution < -0.4 is 10.1 Å². The number of carbonyl (C=O) groups excluding carboxylic acids is 1. The third-order valence-corrected chi connectivity index (χ3v) is 6.35. The molecule has 1 fully saturated rings. The van der Waals surface area contributed by atoms with E-state index in [4.69, 9.17) is 4.74 Å². The van der Waals surface area contributed by atoms with Crippen LogP contribution in [0.15, 0.2) is 29.2 Å². The van der Waals surface area contributed by atoms with Gasteiger partial charge in [-0.25, -0.2) is 9.29 Å². The Hall–Kier alpha value is -1.99. The van der Waals surface area contributed by atoms with E-state index < -0.39 is 0 Å². The van der Waals surface area contributed by atoms with Gasteiger partial charge in [-0.3, -0.25) is 4.79 Å². The molecule has 2 aromatic heterocycles. The number of amides is 1. The minimum Gasteiger partial charge on any atom is -0.481 e. The summed E-state index contributed by atoms with van der Waals surface area (Å²) in [7, 11) is 3.52. The van der Waals surface area contributed by atoms with Crippen molar-refractivity contribution >= 4 is 17.9 Å². The number of hydrogen-bond acceptors (Lipinski definition) is 5. The van der Waals surface area contributed by atoms with Gasteiger partial charge < -0.3 is 14.6 Å². The first-order chi connectivity index (χ1) is 13.0. The van der Waals surface area contributed by atoms with E-state index >= 15 is 0 Å². The molecule has 0 bridgehead atoms. The van der Waals surface area contributed by atoms with E-state index in [1.807, 2.05) is 29.8 Å². The van der Waals surface area contributed by atoms with Crippen LogP contribution in [0.3, 0.4) is 0 Å². The highest BCUT2D eigenvalue weighted by atomic mass is 32.2. The van der Waals surface area contributed by atoms with Crippen LogP contribution in [0.1, 0.15) is 41.6 Å². The van der Waals surface area contributed by atoms with Gasteiger partial charge in [0, 0.05) is 36.8 Å². The summed E-state index contributed by atoms with van der Waals surface area (Å²) in [5.74, 6) is 1.26. The molecule has 0 saturated carbocycles. The Morgan fingerprint density at radius 1 is 1.37 bits per heavy atom. The third kappa shape index (κ3) is 4.84. The second kappa shape index (κ2) is 8.80. The first kappa shape index (κ1) is 19.8. The Morgan fingerprint density at radius 2 is 2.11 bits per heavy atom. The number of pyridine rings is 1. The SMILES string of the molecule is COc1cccc(CNC(=O)c2cc(SN3CCC(C)CC3)c(C)n2C)n1. The van der Waals surface area contributed by atoms with Gasteiger partial charge in [0.25, 0.3) is 5.91 Å². The number of rotatable bonds is 6. The van der Waals surface area contributed by atoms with E-state index in [-0.39, 0.29) is 5.91 Å². The molecule has 0 aliphatic carbocycles. The molecule has 0 radical (unpaired) electrons. The molecule has 146 valence electrons. The topological polar surface area (TPSA) is 59.4 Å². The van der Waals surface area contributed by atoms with Crippen molar-refractivity contribution in [1.29, 1.82) is 0 Å². The second-order valence-corrected chi connectivity index (χ2v) is 8.23. The maximum absolute atomic E-state index is 12.7. The fraction of sp³-hybridized carbons (Fsp3) is 0.500. The molecule has 1 aliphatic heterocycles. The number of ether oxygens (including phenoxy) is 1. The Balaban J connectivity index is 1.64. The maximum atomic E-state index is 12.7. The molecule has 27 heavy (non-hydrogen) atoms. The molecule has 3 heterocycles. The molecule has 0 atom stereocenters. The highest BCUT2D eigenvalue weighted by Gasteiger charge is 2.21. The molecule has 2 aromatic rings. The quantitative estimate of drug-likeness (QED) is 0.769. The van der Waals surface area contributed by atoms with Crippen molar-refractivity contribution in [2.24, 2.45) is 13.0 Å². The van der Waals surface area contributed by atoms with Gasteiger partial charge in [-0.05, 0) is 49.8 Å². The third-order valence-electron chi connectivity index (χ3n) is 5.11. The van der Waals surface area contributed by atoms with Crippen LogP contribution in [0.25, 0.3) is 0 Å². The van der Waals surface area contributed by atoms with E-state index in [2.05, 4.69) is 28.5 Å². The highest BCUT2D eigenvalue weighted by Crippen LogP contribution is 2.31. The van der Waals surface area contributed by atoms with Gasteiger partial charge in [-0.15, -0.1) is 0 Å². The summed E-state index contributed by atoms with van der Waals surface area (Å²) in [6.07, 6.45) is 2.47. The van der Waals surface area contributed by atoms with Crippen molar-refractivity contribution in [3.8, 4) is 5.88 Å². The van der Waals surface area contributed by atoms with Crippen LogP contribution in [0, 0.1) is 12.8 Å². The Bertz CT molecular complexity index is 797. The summed E-state index contributed by atoms with van der Waals surface area (Å²) in [6, 6.07) is 7.52. The van der Waals surface area contributed by atoms with Crippen LogP contribution in [0.5, 0.6) is 5.88 Å². The molecule has 0 spiro atoms. The summed E-state index contributed by atoms with van der Waals surface area (Å²) >= 11 is 1.77. The fourth-order valence-electron chi connectivity index (χ4n) is 3.13. The van der Waals surface area contributed by atoms with E-state index in [9.17, 15) is 4.79 Å². The first-order valence-corrected chi connectivity index (χ1v) is 10.1. The van der Waals surface area contributed by atoms with Gasteiger partial charge in [-0.2, -0.15) is 0 Å². The molecule has 0 unspecified atom stereocenters. The van der Waals surface area contributed by atoms with Crippen molar-refractivity contribution in [1.82, 2.24) is 19.2 Å². The minimum atomic E-state index is -0.0932. The monoisotopic (exact) mass is 388 g/mol. The van der Waals surface area contributed by atoms with Crippen molar-refractivity contribution < 1.29 is 9.53 Å². The molecule has 1 N–H and O–H groups in total. The van der Waals surface area contributed by atoms with Gasteiger partial charge in [0.1, 0.15) is 5.69 Å². The molecule has 7 heteroatoms. The Morgan fingerprint density at radius 3 is 2.81 bits per heavy atom. The zero-order valence-corrected chi connectivity index (χ0v) is 17.3. The van der Waals surface area contributed by atoms with Gasteiger partial charge >= 0.3 is 0 Å². The maximum Gasteiger partial charge on any atom is 0.268 e. The van der Waals surface area contributed by atoms with Crippen LogP contribution in [-0.2, 0) is 13.6 Å². The molecular weight excluding hydrogens is 360 g/mol. The van der Waals surface area contributed by atoms with Crippen molar-refractivity contribution in [2.75, 3.05) is 20.2 Å². The van der Waals surface area contributed by atoms with Crippen LogP contribution in [-0.4, -0.2) is 40.0 Å². The first-order valence-electron chi connectivity index (χ1n) is 9.35. The second-order valence-electron chi connectivity index (χ2n) is 7.10. The highest BCUT2D eigenvalue weighted by molar-refractivity contribution is 7.97. The number of nitrogens with zero attached hydrogens (tertiary/aromatic N) is 3. The van der Waals surface area contributed by atoms with E-state index in [1.54, 1.807) is 25.1 Å². The Labute approximate surface area is 165 Å². The van der Waals surface area contributed by atoms with E-state index in [1.165, 1.54) is 12.8 Å². The summed E-state index contributed by atoms with van der Waals surface area (Å²) in [5, 5.41) is 2.96. The zero-order chi connectivity index (χ0) is 19.4. The zero-order valence-electron chi connectivity index (χ0n) is 16.5. The molecule has 3 rings (SSSR count). The molecule has 0 aromatic carbocycles. The largest absolute Gasteiger partial charge is 0.481 e. The predicted molar refractivity (Wildman–Crippen MR) is 108 cm³/mol. The average Bonchev–Trinajstić information content (AvgIpc) is 2.96. The fourth-order valence-corrected chi connectivity index (χ4v) is 4.23. The van der Waals surface area contributed by atoms with Crippen molar-refractivity contribution in [3.63, 3.8) is 0 Å². The lowest BCUT2D eigenvalue weighted by molar-refractivity contribution is 0.0942. The van der Waals surface area contributed by atoms with Crippen LogP contribution in [0.2, 0.25) is 0 Å². The van der Waals surface area contributed by atoms with Gasteiger partial charge in [0.2, 0.25) is 5.88 Å².